The van der Waals surface area contributed by atoms with Gasteiger partial charge in [0.1, 0.15) is 0 Å². The van der Waals surface area contributed by atoms with Gasteiger partial charge in [-0.15, -0.1) is 0 Å². The molecule has 2 bridgehead atoms. The van der Waals surface area contributed by atoms with Crippen molar-refractivity contribution in [3.63, 3.8) is 0 Å². The highest BCUT2D eigenvalue weighted by Crippen LogP contribution is 2.43. The zero-order chi connectivity index (χ0) is 11.7. The van der Waals surface area contributed by atoms with Gasteiger partial charge in [0.2, 0.25) is 0 Å². The summed E-state index contributed by atoms with van der Waals surface area (Å²) >= 11 is 0. The second-order valence-corrected chi connectivity index (χ2v) is 6.57. The molecular weight excluding hydrogens is 206 g/mol. The maximum atomic E-state index is 3.86. The van der Waals surface area contributed by atoms with E-state index in [1.54, 1.807) is 0 Å². The van der Waals surface area contributed by atoms with Crippen LogP contribution in [0.2, 0.25) is 0 Å². The van der Waals surface area contributed by atoms with Crippen LogP contribution in [0.4, 0.5) is 0 Å². The van der Waals surface area contributed by atoms with Gasteiger partial charge in [-0.25, -0.2) is 0 Å². The smallest absolute Gasteiger partial charge is 0.00673 e. The van der Waals surface area contributed by atoms with Crippen LogP contribution in [0.1, 0.15) is 51.9 Å². The molecule has 0 spiro atoms. The van der Waals surface area contributed by atoms with Gasteiger partial charge in [-0.2, -0.15) is 0 Å². The summed E-state index contributed by atoms with van der Waals surface area (Å²) < 4.78 is 0. The second-order valence-electron chi connectivity index (χ2n) is 6.57. The summed E-state index contributed by atoms with van der Waals surface area (Å²) in [5.41, 5.74) is 0. The molecule has 0 radical (unpaired) electrons. The summed E-state index contributed by atoms with van der Waals surface area (Å²) in [5.74, 6) is 3.83. The molecule has 1 N–H and O–H groups in total. The Morgan fingerprint density at radius 1 is 1.06 bits per heavy atom. The third kappa shape index (κ3) is 2.59. The molecule has 3 aliphatic carbocycles. The van der Waals surface area contributed by atoms with Gasteiger partial charge in [-0.05, 0) is 68.7 Å². The minimum atomic E-state index is 0.834. The lowest BCUT2D eigenvalue weighted by molar-refractivity contribution is 0.270. The molecule has 1 nitrogen and oxygen atoms in total. The molecule has 3 rings (SSSR count). The Morgan fingerprint density at radius 2 is 1.88 bits per heavy atom. The molecule has 2 saturated carbocycles. The first-order chi connectivity index (χ1) is 8.35. The highest BCUT2D eigenvalue weighted by molar-refractivity contribution is 5.10. The Balaban J connectivity index is 1.39. The Morgan fingerprint density at radius 3 is 2.47 bits per heavy atom. The number of nitrogens with one attached hydrogen (secondary N) is 1. The molecule has 0 amide bonds. The molecule has 0 saturated heterocycles. The fourth-order valence-corrected chi connectivity index (χ4v) is 4.22. The lowest BCUT2D eigenvalue weighted by atomic mass is 9.84. The van der Waals surface area contributed by atoms with Gasteiger partial charge in [0.05, 0.1) is 0 Å². The van der Waals surface area contributed by atoms with Gasteiger partial charge in [-0.3, -0.25) is 0 Å². The highest BCUT2D eigenvalue weighted by atomic mass is 14.9. The van der Waals surface area contributed by atoms with Crippen molar-refractivity contribution in [1.82, 2.24) is 5.32 Å². The number of rotatable bonds is 4. The normalized spacial score (nSPS) is 44.4. The Kier molecular flexibility index (Phi) is 3.56. The summed E-state index contributed by atoms with van der Waals surface area (Å²) in [6, 6.07) is 0.834. The summed E-state index contributed by atoms with van der Waals surface area (Å²) in [5, 5.41) is 3.86. The summed E-state index contributed by atoms with van der Waals surface area (Å²) in [7, 11) is 0. The largest absolute Gasteiger partial charge is 0.314 e. The third-order valence-corrected chi connectivity index (χ3v) is 5.51. The molecule has 0 aromatic heterocycles. The fraction of sp³-hybridized carbons (Fsp3) is 0.875. The molecule has 3 atom stereocenters. The number of allylic oxidation sites excluding steroid dienone is 2. The van der Waals surface area contributed by atoms with Crippen LogP contribution < -0.4 is 5.32 Å². The first kappa shape index (κ1) is 11.8. The minimum absolute atomic E-state index is 0.834. The van der Waals surface area contributed by atoms with E-state index in [2.05, 4.69) is 24.4 Å². The van der Waals surface area contributed by atoms with E-state index in [0.29, 0.717) is 0 Å². The van der Waals surface area contributed by atoms with Crippen molar-refractivity contribution in [3.05, 3.63) is 12.2 Å². The monoisotopic (exact) mass is 233 g/mol. The van der Waals surface area contributed by atoms with Crippen molar-refractivity contribution in [1.29, 1.82) is 0 Å². The van der Waals surface area contributed by atoms with Crippen LogP contribution in [0.5, 0.6) is 0 Å². The second kappa shape index (κ2) is 5.14. The average molecular weight is 233 g/mol. The van der Waals surface area contributed by atoms with Gasteiger partial charge >= 0.3 is 0 Å². The van der Waals surface area contributed by atoms with E-state index in [4.69, 9.17) is 0 Å². The maximum Gasteiger partial charge on any atom is 0.00673 e. The van der Waals surface area contributed by atoms with Crippen molar-refractivity contribution < 1.29 is 0 Å². The zero-order valence-electron chi connectivity index (χ0n) is 11.2. The highest BCUT2D eigenvalue weighted by Gasteiger charge is 2.35. The molecule has 3 unspecified atom stereocenters. The topological polar surface area (TPSA) is 12.0 Å². The number of fused-ring (bicyclic) bond motifs is 2. The summed E-state index contributed by atoms with van der Waals surface area (Å²) in [6.07, 6.45) is 15.0. The number of hydrogen-bond donors (Lipinski definition) is 1. The molecule has 2 fully saturated rings. The van der Waals surface area contributed by atoms with Gasteiger partial charge in [0, 0.05) is 6.04 Å². The predicted octanol–water partition coefficient (Wildman–Crippen LogP) is 3.76. The first-order valence-corrected chi connectivity index (χ1v) is 7.77. The van der Waals surface area contributed by atoms with Gasteiger partial charge in [0.25, 0.3) is 0 Å². The van der Waals surface area contributed by atoms with E-state index in [-0.39, 0.29) is 0 Å². The van der Waals surface area contributed by atoms with E-state index >= 15 is 0 Å². The minimum Gasteiger partial charge on any atom is -0.314 e. The summed E-state index contributed by atoms with van der Waals surface area (Å²) in [6.45, 7) is 3.63. The standard InChI is InChI=1S/C16H27N/c1-2-12-4-7-16(8-5-12)17-11-15-10-13-3-6-14(15)9-13/h3,6,12-17H,2,4-5,7-11H2,1H3. The lowest BCUT2D eigenvalue weighted by Gasteiger charge is -2.30. The van der Waals surface area contributed by atoms with E-state index in [0.717, 1.165) is 29.7 Å². The third-order valence-electron chi connectivity index (χ3n) is 5.51. The van der Waals surface area contributed by atoms with Crippen LogP contribution in [0.25, 0.3) is 0 Å². The van der Waals surface area contributed by atoms with Crippen LogP contribution in [0.3, 0.4) is 0 Å². The molecular formula is C16H27N. The van der Waals surface area contributed by atoms with Crippen molar-refractivity contribution in [3.8, 4) is 0 Å². The fourth-order valence-electron chi connectivity index (χ4n) is 4.22. The average Bonchev–Trinajstić information content (AvgIpc) is 2.99. The van der Waals surface area contributed by atoms with E-state index in [1.807, 2.05) is 0 Å². The molecule has 1 heteroatoms. The van der Waals surface area contributed by atoms with Crippen molar-refractivity contribution in [2.24, 2.45) is 23.7 Å². The van der Waals surface area contributed by atoms with Gasteiger partial charge in [-0.1, -0.05) is 25.5 Å². The van der Waals surface area contributed by atoms with Crippen molar-refractivity contribution in [2.75, 3.05) is 6.54 Å². The first-order valence-electron chi connectivity index (χ1n) is 7.77. The molecule has 3 aliphatic rings. The Labute approximate surface area is 106 Å². The SMILES string of the molecule is CCC1CCC(NCC2CC3C=CC2C3)CC1. The van der Waals surface area contributed by atoms with Crippen LogP contribution in [0.15, 0.2) is 12.2 Å². The quantitative estimate of drug-likeness (QED) is 0.729. The van der Waals surface area contributed by atoms with Crippen LogP contribution in [-0.2, 0) is 0 Å². The maximum absolute atomic E-state index is 3.86. The van der Waals surface area contributed by atoms with E-state index in [1.165, 1.54) is 51.5 Å². The zero-order valence-corrected chi connectivity index (χ0v) is 11.2. The van der Waals surface area contributed by atoms with Gasteiger partial charge in [0.15, 0.2) is 0 Å². The van der Waals surface area contributed by atoms with Gasteiger partial charge < -0.3 is 5.32 Å². The number of hydrogen-bond acceptors (Lipinski definition) is 1. The Hall–Kier alpha value is -0.300. The predicted molar refractivity (Wildman–Crippen MR) is 72.9 cm³/mol. The Bertz CT molecular complexity index is 275. The molecule has 0 aliphatic heterocycles. The van der Waals surface area contributed by atoms with Crippen LogP contribution >= 0.6 is 0 Å². The molecule has 96 valence electrons. The molecule has 17 heavy (non-hydrogen) atoms. The molecule has 0 heterocycles. The van der Waals surface area contributed by atoms with E-state index < -0.39 is 0 Å². The van der Waals surface area contributed by atoms with Crippen LogP contribution in [-0.4, -0.2) is 12.6 Å². The summed E-state index contributed by atoms with van der Waals surface area (Å²) in [4.78, 5) is 0. The molecule has 0 aromatic rings. The van der Waals surface area contributed by atoms with Crippen molar-refractivity contribution >= 4 is 0 Å². The molecule has 0 aromatic carbocycles. The lowest BCUT2D eigenvalue weighted by Crippen LogP contribution is -2.37. The van der Waals surface area contributed by atoms with Crippen LogP contribution in [0, 0.1) is 23.7 Å². The van der Waals surface area contributed by atoms with E-state index in [9.17, 15) is 0 Å². The van der Waals surface area contributed by atoms with Crippen molar-refractivity contribution in [2.45, 2.75) is 57.9 Å².